The zero-order chi connectivity index (χ0) is 11.4. The van der Waals surface area contributed by atoms with Crippen molar-refractivity contribution in [2.24, 2.45) is 0 Å². The lowest BCUT2D eigenvalue weighted by Crippen LogP contribution is -2.26. The number of benzene rings is 1. The van der Waals surface area contributed by atoms with Crippen LogP contribution in [-0.2, 0) is 6.54 Å². The molecule has 1 aliphatic rings. The molecule has 0 aliphatic carbocycles. The molecule has 0 radical (unpaired) electrons. The molecule has 2 nitrogen and oxygen atoms in total. The van der Waals surface area contributed by atoms with Crippen LogP contribution in [0.3, 0.4) is 0 Å². The maximum absolute atomic E-state index is 6.18. The summed E-state index contributed by atoms with van der Waals surface area (Å²) in [6.07, 6.45) is 1.26. The van der Waals surface area contributed by atoms with E-state index in [-0.39, 0.29) is 0 Å². The average molecular weight is 257 g/mol. The highest BCUT2D eigenvalue weighted by Crippen LogP contribution is 2.24. The second-order valence-corrected chi connectivity index (χ2v) is 5.68. The zero-order valence-corrected chi connectivity index (χ0v) is 10.9. The van der Waals surface area contributed by atoms with Crippen LogP contribution in [0.1, 0.15) is 12.0 Å². The molecular formula is C12H17ClN2S. The van der Waals surface area contributed by atoms with E-state index in [4.69, 9.17) is 17.3 Å². The van der Waals surface area contributed by atoms with E-state index in [1.807, 2.05) is 30.0 Å². The molecule has 1 heterocycles. The predicted molar refractivity (Wildman–Crippen MR) is 73.1 cm³/mol. The molecule has 2 N–H and O–H groups in total. The summed E-state index contributed by atoms with van der Waals surface area (Å²) < 4.78 is 0. The number of nitrogens with zero attached hydrogens (tertiary/aromatic N) is 1. The Kier molecular flexibility index (Phi) is 4.38. The van der Waals surface area contributed by atoms with Gasteiger partial charge in [0.25, 0.3) is 0 Å². The van der Waals surface area contributed by atoms with Gasteiger partial charge < -0.3 is 5.73 Å². The first-order chi connectivity index (χ1) is 7.77. The van der Waals surface area contributed by atoms with Gasteiger partial charge in [-0.15, -0.1) is 0 Å². The van der Waals surface area contributed by atoms with Gasteiger partial charge in [0.2, 0.25) is 0 Å². The molecule has 16 heavy (non-hydrogen) atoms. The highest BCUT2D eigenvalue weighted by atomic mass is 35.5. The lowest BCUT2D eigenvalue weighted by molar-refractivity contribution is 0.288. The number of anilines is 1. The molecule has 88 valence electrons. The Morgan fingerprint density at radius 1 is 1.31 bits per heavy atom. The average Bonchev–Trinajstić information content (AvgIpc) is 2.52. The van der Waals surface area contributed by atoms with Crippen molar-refractivity contribution in [1.29, 1.82) is 0 Å². The molecular weight excluding hydrogens is 240 g/mol. The molecule has 0 spiro atoms. The summed E-state index contributed by atoms with van der Waals surface area (Å²) in [6, 6.07) is 5.74. The molecule has 1 saturated heterocycles. The van der Waals surface area contributed by atoms with Crippen LogP contribution >= 0.6 is 23.4 Å². The van der Waals surface area contributed by atoms with Crippen molar-refractivity contribution in [2.45, 2.75) is 13.0 Å². The molecule has 1 aromatic carbocycles. The van der Waals surface area contributed by atoms with Crippen LogP contribution in [0.15, 0.2) is 18.2 Å². The number of nitrogen functional groups attached to an aromatic ring is 1. The van der Waals surface area contributed by atoms with Crippen LogP contribution in [0.5, 0.6) is 0 Å². The molecule has 0 bridgehead atoms. The van der Waals surface area contributed by atoms with E-state index in [0.717, 1.165) is 35.9 Å². The fourth-order valence-corrected chi connectivity index (χ4v) is 3.09. The van der Waals surface area contributed by atoms with Gasteiger partial charge in [-0.1, -0.05) is 17.7 Å². The zero-order valence-electron chi connectivity index (χ0n) is 9.29. The van der Waals surface area contributed by atoms with Gasteiger partial charge in [-0.25, -0.2) is 0 Å². The maximum Gasteiger partial charge on any atom is 0.0471 e. The van der Waals surface area contributed by atoms with Gasteiger partial charge in [0.1, 0.15) is 0 Å². The van der Waals surface area contributed by atoms with E-state index in [0.29, 0.717) is 0 Å². The van der Waals surface area contributed by atoms with Gasteiger partial charge in [0, 0.05) is 35.1 Å². The fraction of sp³-hybridized carbons (Fsp3) is 0.500. The first-order valence-corrected chi connectivity index (χ1v) is 7.13. The lowest BCUT2D eigenvalue weighted by atomic mass is 10.1. The Hall–Kier alpha value is -0.380. The van der Waals surface area contributed by atoms with Gasteiger partial charge in [-0.05, 0) is 30.9 Å². The van der Waals surface area contributed by atoms with Gasteiger partial charge in [0.05, 0.1) is 0 Å². The quantitative estimate of drug-likeness (QED) is 0.825. The molecule has 4 heteroatoms. The van der Waals surface area contributed by atoms with Crippen LogP contribution < -0.4 is 5.73 Å². The fourth-order valence-electron chi connectivity index (χ4n) is 1.92. The first-order valence-electron chi connectivity index (χ1n) is 5.60. The van der Waals surface area contributed by atoms with Crippen molar-refractivity contribution in [3.63, 3.8) is 0 Å². The third-order valence-electron chi connectivity index (χ3n) is 2.85. The van der Waals surface area contributed by atoms with E-state index < -0.39 is 0 Å². The number of hydrogen-bond donors (Lipinski definition) is 1. The highest BCUT2D eigenvalue weighted by Gasteiger charge is 2.12. The Morgan fingerprint density at radius 2 is 2.19 bits per heavy atom. The number of hydrogen-bond acceptors (Lipinski definition) is 3. The Bertz CT molecular complexity index is 329. The van der Waals surface area contributed by atoms with Gasteiger partial charge >= 0.3 is 0 Å². The SMILES string of the molecule is Nc1cccc(Cl)c1CN1CCCSCC1. The third kappa shape index (κ3) is 3.06. The van der Waals surface area contributed by atoms with Gasteiger partial charge in [-0.3, -0.25) is 4.90 Å². The number of halogens is 1. The molecule has 0 aromatic heterocycles. The van der Waals surface area contributed by atoms with E-state index in [9.17, 15) is 0 Å². The van der Waals surface area contributed by atoms with Crippen molar-refractivity contribution < 1.29 is 0 Å². The third-order valence-corrected chi connectivity index (χ3v) is 4.25. The van der Waals surface area contributed by atoms with Crippen LogP contribution in [-0.4, -0.2) is 29.5 Å². The van der Waals surface area contributed by atoms with Crippen molar-refractivity contribution >= 4 is 29.1 Å². The summed E-state index contributed by atoms with van der Waals surface area (Å²) in [6.45, 7) is 3.17. The molecule has 0 saturated carbocycles. The smallest absolute Gasteiger partial charge is 0.0471 e. The lowest BCUT2D eigenvalue weighted by Gasteiger charge is -2.21. The predicted octanol–water partition coefficient (Wildman–Crippen LogP) is 2.86. The van der Waals surface area contributed by atoms with Gasteiger partial charge in [0.15, 0.2) is 0 Å². The summed E-state index contributed by atoms with van der Waals surface area (Å²) in [5.74, 6) is 2.48. The van der Waals surface area contributed by atoms with Crippen molar-refractivity contribution in [3.8, 4) is 0 Å². The minimum atomic E-state index is 0.789. The molecule has 1 aromatic rings. The Morgan fingerprint density at radius 3 is 3.00 bits per heavy atom. The summed E-state index contributed by atoms with van der Waals surface area (Å²) in [7, 11) is 0. The summed E-state index contributed by atoms with van der Waals surface area (Å²) in [4.78, 5) is 2.44. The van der Waals surface area contributed by atoms with Crippen molar-refractivity contribution in [2.75, 3.05) is 30.3 Å². The Balaban J connectivity index is 2.07. The second-order valence-electron chi connectivity index (χ2n) is 4.05. The number of rotatable bonds is 2. The minimum absolute atomic E-state index is 0.789. The topological polar surface area (TPSA) is 29.3 Å². The molecule has 1 fully saturated rings. The van der Waals surface area contributed by atoms with E-state index in [1.54, 1.807) is 0 Å². The van der Waals surface area contributed by atoms with Crippen LogP contribution in [0, 0.1) is 0 Å². The molecule has 1 aliphatic heterocycles. The van der Waals surface area contributed by atoms with Crippen LogP contribution in [0.25, 0.3) is 0 Å². The summed E-state index contributed by atoms with van der Waals surface area (Å²) in [5, 5.41) is 0.789. The summed E-state index contributed by atoms with van der Waals surface area (Å²) >= 11 is 8.21. The summed E-state index contributed by atoms with van der Waals surface area (Å²) in [5.41, 5.74) is 7.85. The van der Waals surface area contributed by atoms with Crippen LogP contribution in [0.2, 0.25) is 5.02 Å². The van der Waals surface area contributed by atoms with E-state index in [1.165, 1.54) is 17.9 Å². The van der Waals surface area contributed by atoms with Crippen molar-refractivity contribution in [1.82, 2.24) is 4.90 Å². The maximum atomic E-state index is 6.18. The molecule has 0 amide bonds. The standard InChI is InChI=1S/C12H17ClN2S/c13-11-3-1-4-12(14)10(11)9-15-5-2-7-16-8-6-15/h1,3-4H,2,5-9,14H2. The minimum Gasteiger partial charge on any atom is -0.398 e. The largest absolute Gasteiger partial charge is 0.398 e. The van der Waals surface area contributed by atoms with Gasteiger partial charge in [-0.2, -0.15) is 11.8 Å². The van der Waals surface area contributed by atoms with Crippen molar-refractivity contribution in [3.05, 3.63) is 28.8 Å². The Labute approximate surface area is 106 Å². The molecule has 0 unspecified atom stereocenters. The van der Waals surface area contributed by atoms with E-state index >= 15 is 0 Å². The number of thioether (sulfide) groups is 1. The normalized spacial score (nSPS) is 18.3. The number of nitrogens with two attached hydrogens (primary N) is 1. The monoisotopic (exact) mass is 256 g/mol. The second kappa shape index (κ2) is 5.80. The highest BCUT2D eigenvalue weighted by molar-refractivity contribution is 7.99. The first kappa shape index (κ1) is 12.1. The van der Waals surface area contributed by atoms with E-state index in [2.05, 4.69) is 4.90 Å². The molecule has 2 rings (SSSR count). The molecule has 0 atom stereocenters. The van der Waals surface area contributed by atoms with Crippen LogP contribution in [0.4, 0.5) is 5.69 Å².